The van der Waals surface area contributed by atoms with Gasteiger partial charge in [0.25, 0.3) is 0 Å². The van der Waals surface area contributed by atoms with Crippen molar-refractivity contribution in [1.82, 2.24) is 10.3 Å². The average Bonchev–Trinajstić information content (AvgIpc) is 2.88. The van der Waals surface area contributed by atoms with Gasteiger partial charge in [0.1, 0.15) is 11.1 Å². The molecule has 0 bridgehead atoms. The number of hydrogen-bond acceptors (Lipinski definition) is 4. The summed E-state index contributed by atoms with van der Waals surface area (Å²) in [4.78, 5) is 6.21. The van der Waals surface area contributed by atoms with Gasteiger partial charge in [-0.3, -0.25) is 0 Å². The third kappa shape index (κ3) is 4.27. The van der Waals surface area contributed by atoms with Crippen molar-refractivity contribution >= 4 is 11.3 Å². The lowest BCUT2D eigenvalue weighted by molar-refractivity contribution is 0.0352. The van der Waals surface area contributed by atoms with Crippen LogP contribution < -0.4 is 5.32 Å². The number of nitrogens with one attached hydrogen (secondary N) is 1. The van der Waals surface area contributed by atoms with E-state index in [1.165, 1.54) is 47.7 Å². The maximum Gasteiger partial charge on any atom is 0.122 e. The molecule has 1 aliphatic rings. The van der Waals surface area contributed by atoms with Crippen LogP contribution in [0.5, 0.6) is 0 Å². The van der Waals surface area contributed by atoms with Crippen LogP contribution in [0.4, 0.5) is 0 Å². The predicted octanol–water partition coefficient (Wildman–Crippen LogP) is 4.78. The van der Waals surface area contributed by atoms with Gasteiger partial charge in [0.05, 0.1) is 5.69 Å². The molecule has 21 heavy (non-hydrogen) atoms. The highest BCUT2D eigenvalue weighted by atomic mass is 32.1. The van der Waals surface area contributed by atoms with Crippen LogP contribution in [0.15, 0.2) is 0 Å². The van der Waals surface area contributed by atoms with Crippen molar-refractivity contribution in [3.63, 3.8) is 0 Å². The molecule has 1 fully saturated rings. The van der Waals surface area contributed by atoms with Gasteiger partial charge in [-0.2, -0.15) is 0 Å². The van der Waals surface area contributed by atoms with Crippen LogP contribution in [0, 0.1) is 12.8 Å². The van der Waals surface area contributed by atoms with Gasteiger partial charge in [0.2, 0.25) is 0 Å². The molecule has 1 saturated carbocycles. The molecule has 0 spiro atoms. The summed E-state index contributed by atoms with van der Waals surface area (Å²) in [5.74, 6) is 0.654. The number of nitrogens with zero attached hydrogens (tertiary/aromatic N) is 1. The molecule has 2 rings (SSSR count). The highest BCUT2D eigenvalue weighted by molar-refractivity contribution is 7.11. The molecule has 0 aromatic carbocycles. The minimum atomic E-state index is 0.195. The van der Waals surface area contributed by atoms with Crippen molar-refractivity contribution in [2.45, 2.75) is 71.4 Å². The van der Waals surface area contributed by atoms with Crippen molar-refractivity contribution in [3.05, 3.63) is 15.6 Å². The Kier molecular flexibility index (Phi) is 6.65. The predicted molar refractivity (Wildman–Crippen MR) is 89.9 cm³/mol. The van der Waals surface area contributed by atoms with Gasteiger partial charge in [-0.05, 0) is 45.6 Å². The number of aryl methyl sites for hydroxylation is 1. The molecule has 0 saturated heterocycles. The molecule has 3 nitrogen and oxygen atoms in total. The van der Waals surface area contributed by atoms with E-state index in [1.807, 2.05) is 18.4 Å². The zero-order chi connectivity index (χ0) is 15.2. The Bertz CT molecular complexity index is 426. The van der Waals surface area contributed by atoms with E-state index in [1.54, 1.807) is 0 Å². The summed E-state index contributed by atoms with van der Waals surface area (Å²) >= 11 is 1.85. The second kappa shape index (κ2) is 8.25. The van der Waals surface area contributed by atoms with Gasteiger partial charge in [-0.15, -0.1) is 11.3 Å². The Hall–Kier alpha value is -0.450. The second-order valence-corrected chi connectivity index (χ2v) is 7.29. The summed E-state index contributed by atoms with van der Waals surface area (Å²) in [6.07, 6.45) is 8.00. The SMILES string of the molecule is CCCNC(C)c1sc(C(OC)C2CCCCC2)nc1C. The second-order valence-electron chi connectivity index (χ2n) is 6.23. The Morgan fingerprint density at radius 2 is 2.05 bits per heavy atom. The van der Waals surface area contributed by atoms with Gasteiger partial charge in [0.15, 0.2) is 0 Å². The molecule has 0 amide bonds. The smallest absolute Gasteiger partial charge is 0.122 e. The fraction of sp³-hybridized carbons (Fsp3) is 0.824. The van der Waals surface area contributed by atoms with Crippen LogP contribution >= 0.6 is 11.3 Å². The number of rotatable bonds is 7. The number of ether oxygens (including phenoxy) is 1. The van der Waals surface area contributed by atoms with E-state index in [4.69, 9.17) is 9.72 Å². The lowest BCUT2D eigenvalue weighted by Gasteiger charge is -2.27. The third-order valence-electron chi connectivity index (χ3n) is 4.52. The molecule has 120 valence electrons. The van der Waals surface area contributed by atoms with Crippen LogP contribution in [-0.2, 0) is 4.74 Å². The summed E-state index contributed by atoms with van der Waals surface area (Å²) in [6.45, 7) is 7.63. The van der Waals surface area contributed by atoms with E-state index in [-0.39, 0.29) is 6.10 Å². The third-order valence-corrected chi connectivity index (χ3v) is 5.92. The normalized spacial score (nSPS) is 19.6. The molecule has 1 aromatic heterocycles. The summed E-state index contributed by atoms with van der Waals surface area (Å²) in [7, 11) is 1.84. The quantitative estimate of drug-likeness (QED) is 0.787. The number of methoxy groups -OCH3 is 1. The molecular formula is C17H30N2OS. The van der Waals surface area contributed by atoms with E-state index < -0.39 is 0 Å². The summed E-state index contributed by atoms with van der Waals surface area (Å²) in [5.41, 5.74) is 1.17. The first-order valence-corrected chi connectivity index (χ1v) is 9.22. The maximum absolute atomic E-state index is 5.83. The van der Waals surface area contributed by atoms with Crippen LogP contribution in [0.1, 0.15) is 80.1 Å². The lowest BCUT2D eigenvalue weighted by atomic mass is 9.85. The van der Waals surface area contributed by atoms with Gasteiger partial charge in [-0.25, -0.2) is 4.98 Å². The van der Waals surface area contributed by atoms with Crippen molar-refractivity contribution in [1.29, 1.82) is 0 Å². The number of thiazole rings is 1. The molecule has 4 heteroatoms. The summed E-state index contributed by atoms with van der Waals surface area (Å²) in [6, 6.07) is 0.389. The van der Waals surface area contributed by atoms with Gasteiger partial charge in [-0.1, -0.05) is 26.2 Å². The largest absolute Gasteiger partial charge is 0.374 e. The molecular weight excluding hydrogens is 280 g/mol. The first kappa shape index (κ1) is 16.9. The zero-order valence-corrected chi connectivity index (χ0v) is 14.8. The van der Waals surface area contributed by atoms with Crippen LogP contribution in [-0.4, -0.2) is 18.6 Å². The van der Waals surface area contributed by atoms with E-state index in [0.29, 0.717) is 12.0 Å². The molecule has 2 atom stereocenters. The highest BCUT2D eigenvalue weighted by Crippen LogP contribution is 2.39. The zero-order valence-electron chi connectivity index (χ0n) is 13.9. The van der Waals surface area contributed by atoms with E-state index >= 15 is 0 Å². The standard InChI is InChI=1S/C17H30N2OS/c1-5-11-18-12(2)16-13(3)19-17(21-16)15(20-4)14-9-7-6-8-10-14/h12,14-15,18H,5-11H2,1-4H3. The van der Waals surface area contributed by atoms with Gasteiger partial charge in [0, 0.05) is 18.0 Å². The molecule has 0 radical (unpaired) electrons. The van der Waals surface area contributed by atoms with Crippen molar-refractivity contribution in [2.75, 3.05) is 13.7 Å². The van der Waals surface area contributed by atoms with E-state index in [2.05, 4.69) is 26.1 Å². The fourth-order valence-corrected chi connectivity index (χ4v) is 4.60. The first-order chi connectivity index (χ1) is 10.2. The lowest BCUT2D eigenvalue weighted by Crippen LogP contribution is -2.19. The minimum absolute atomic E-state index is 0.195. The Labute approximate surface area is 133 Å². The Morgan fingerprint density at radius 1 is 1.33 bits per heavy atom. The van der Waals surface area contributed by atoms with Crippen molar-refractivity contribution in [2.24, 2.45) is 5.92 Å². The van der Waals surface area contributed by atoms with Gasteiger partial charge < -0.3 is 10.1 Å². The summed E-state index contributed by atoms with van der Waals surface area (Å²) in [5, 5.41) is 4.75. The number of hydrogen-bond donors (Lipinski definition) is 1. The molecule has 1 N–H and O–H groups in total. The van der Waals surface area contributed by atoms with Crippen LogP contribution in [0.3, 0.4) is 0 Å². The first-order valence-electron chi connectivity index (χ1n) is 8.40. The van der Waals surface area contributed by atoms with E-state index in [0.717, 1.165) is 13.0 Å². The highest BCUT2D eigenvalue weighted by Gasteiger charge is 2.28. The van der Waals surface area contributed by atoms with Crippen LogP contribution in [0.2, 0.25) is 0 Å². The van der Waals surface area contributed by atoms with Crippen LogP contribution in [0.25, 0.3) is 0 Å². The monoisotopic (exact) mass is 310 g/mol. The Morgan fingerprint density at radius 3 is 2.67 bits per heavy atom. The van der Waals surface area contributed by atoms with E-state index in [9.17, 15) is 0 Å². The molecule has 1 aromatic rings. The molecule has 1 aliphatic carbocycles. The minimum Gasteiger partial charge on any atom is -0.374 e. The fourth-order valence-electron chi connectivity index (χ4n) is 3.34. The Balaban J connectivity index is 2.11. The van der Waals surface area contributed by atoms with Crippen molar-refractivity contribution < 1.29 is 4.74 Å². The summed E-state index contributed by atoms with van der Waals surface area (Å²) < 4.78 is 5.83. The topological polar surface area (TPSA) is 34.1 Å². The number of aromatic nitrogens is 1. The molecule has 2 unspecified atom stereocenters. The maximum atomic E-state index is 5.83. The molecule has 0 aliphatic heterocycles. The molecule has 1 heterocycles. The van der Waals surface area contributed by atoms with Gasteiger partial charge >= 0.3 is 0 Å². The average molecular weight is 311 g/mol. The van der Waals surface area contributed by atoms with Crippen molar-refractivity contribution in [3.8, 4) is 0 Å².